The van der Waals surface area contributed by atoms with Gasteiger partial charge in [-0.15, -0.1) is 0 Å². The first kappa shape index (κ1) is 22.5. The normalized spacial score (nSPS) is 15.1. The summed E-state index contributed by atoms with van der Waals surface area (Å²) in [5.41, 5.74) is 5.51. The summed E-state index contributed by atoms with van der Waals surface area (Å²) in [6, 6.07) is 32.0. The van der Waals surface area contributed by atoms with Gasteiger partial charge in [-0.25, -0.2) is 0 Å². The number of fused-ring (bicyclic) bond motifs is 1. The molecule has 1 aliphatic rings. The molecular weight excluding hydrogens is 436 g/mol. The van der Waals surface area contributed by atoms with Crippen molar-refractivity contribution in [2.45, 2.75) is 19.6 Å². The number of para-hydroxylation sites is 2. The molecule has 0 bridgehead atoms. The van der Waals surface area contributed by atoms with E-state index in [-0.39, 0.29) is 5.91 Å². The molecule has 0 N–H and O–H groups in total. The molecule has 1 atom stereocenters. The standard InChI is InChI=1S/C30H28N2O3/c1-21-16-18-23(19-17-21)32-29(25-13-9-15-27(34-2)28(25)35-3)31(20-22-10-5-4-6-11-22)26-14-8-7-12-24(26)30(32)33/h4-19,29H,20H2,1-3H3/t29-/m0/s1. The number of carbonyl (C=O) groups excluding carboxylic acids is 1. The van der Waals surface area contributed by atoms with Crippen LogP contribution in [0.15, 0.2) is 97.1 Å². The van der Waals surface area contributed by atoms with Crippen molar-refractivity contribution in [2.75, 3.05) is 24.0 Å². The third-order valence-corrected chi connectivity index (χ3v) is 6.42. The van der Waals surface area contributed by atoms with Crippen LogP contribution in [0.4, 0.5) is 11.4 Å². The largest absolute Gasteiger partial charge is 0.493 e. The number of ether oxygens (including phenoxy) is 2. The summed E-state index contributed by atoms with van der Waals surface area (Å²) in [7, 11) is 3.26. The van der Waals surface area contributed by atoms with Gasteiger partial charge in [-0.1, -0.05) is 72.3 Å². The molecule has 1 amide bonds. The number of carbonyl (C=O) groups is 1. The molecular formula is C30H28N2O3. The molecule has 0 radical (unpaired) electrons. The summed E-state index contributed by atoms with van der Waals surface area (Å²) in [5.74, 6) is 1.19. The molecule has 5 rings (SSSR count). The van der Waals surface area contributed by atoms with Crippen LogP contribution >= 0.6 is 0 Å². The zero-order valence-corrected chi connectivity index (χ0v) is 20.1. The molecule has 5 nitrogen and oxygen atoms in total. The predicted molar refractivity (Wildman–Crippen MR) is 139 cm³/mol. The number of benzene rings is 4. The second-order valence-electron chi connectivity index (χ2n) is 8.60. The lowest BCUT2D eigenvalue weighted by Gasteiger charge is -2.46. The number of rotatable bonds is 6. The van der Waals surface area contributed by atoms with Crippen LogP contribution in [0.25, 0.3) is 0 Å². The van der Waals surface area contributed by atoms with Gasteiger partial charge in [-0.3, -0.25) is 9.69 Å². The van der Waals surface area contributed by atoms with Crippen LogP contribution in [0.1, 0.15) is 33.2 Å². The molecule has 0 saturated carbocycles. The van der Waals surface area contributed by atoms with Crippen molar-refractivity contribution < 1.29 is 14.3 Å². The molecule has 0 aliphatic carbocycles. The van der Waals surface area contributed by atoms with Gasteiger partial charge in [0.1, 0.15) is 6.17 Å². The third-order valence-electron chi connectivity index (χ3n) is 6.42. The highest BCUT2D eigenvalue weighted by molar-refractivity contribution is 6.12. The van der Waals surface area contributed by atoms with Gasteiger partial charge in [-0.2, -0.15) is 0 Å². The Bertz CT molecular complexity index is 1340. The van der Waals surface area contributed by atoms with Crippen molar-refractivity contribution in [1.82, 2.24) is 0 Å². The highest BCUT2D eigenvalue weighted by Gasteiger charge is 2.41. The van der Waals surface area contributed by atoms with E-state index in [1.54, 1.807) is 14.2 Å². The molecule has 1 aliphatic heterocycles. The highest BCUT2D eigenvalue weighted by atomic mass is 16.5. The number of nitrogens with zero attached hydrogens (tertiary/aromatic N) is 2. The number of aryl methyl sites for hydroxylation is 1. The molecule has 1 heterocycles. The van der Waals surface area contributed by atoms with E-state index in [1.807, 2.05) is 96.8 Å². The average molecular weight is 465 g/mol. The number of methoxy groups -OCH3 is 2. The number of anilines is 2. The molecule has 35 heavy (non-hydrogen) atoms. The minimum absolute atomic E-state index is 0.0522. The molecule has 0 saturated heterocycles. The first-order valence-corrected chi connectivity index (χ1v) is 11.6. The van der Waals surface area contributed by atoms with Crippen molar-refractivity contribution >= 4 is 17.3 Å². The number of hydrogen-bond acceptors (Lipinski definition) is 4. The van der Waals surface area contributed by atoms with E-state index in [0.29, 0.717) is 23.6 Å². The number of hydrogen-bond donors (Lipinski definition) is 0. The molecule has 4 aromatic carbocycles. The summed E-state index contributed by atoms with van der Waals surface area (Å²) in [5, 5.41) is 0. The quantitative estimate of drug-likeness (QED) is 0.332. The van der Waals surface area contributed by atoms with Crippen LogP contribution in [0.2, 0.25) is 0 Å². The topological polar surface area (TPSA) is 42.0 Å². The summed E-state index contributed by atoms with van der Waals surface area (Å²) < 4.78 is 11.5. The highest BCUT2D eigenvalue weighted by Crippen LogP contribution is 2.46. The Hall–Kier alpha value is -4.25. The average Bonchev–Trinajstić information content (AvgIpc) is 2.91. The van der Waals surface area contributed by atoms with Crippen molar-refractivity contribution in [3.63, 3.8) is 0 Å². The molecule has 0 aromatic heterocycles. The van der Waals surface area contributed by atoms with Crippen molar-refractivity contribution in [2.24, 2.45) is 0 Å². The van der Waals surface area contributed by atoms with Crippen molar-refractivity contribution in [3.05, 3.63) is 119 Å². The molecule has 0 spiro atoms. The third kappa shape index (κ3) is 4.10. The molecule has 176 valence electrons. The van der Waals surface area contributed by atoms with E-state index in [1.165, 1.54) is 0 Å². The Kier molecular flexibility index (Phi) is 6.15. The van der Waals surface area contributed by atoms with Gasteiger partial charge in [0.25, 0.3) is 5.91 Å². The summed E-state index contributed by atoms with van der Waals surface area (Å²) >= 11 is 0. The van der Waals surface area contributed by atoms with Gasteiger partial charge in [-0.05, 0) is 42.8 Å². The van der Waals surface area contributed by atoms with Crippen LogP contribution < -0.4 is 19.3 Å². The van der Waals surface area contributed by atoms with Crippen LogP contribution in [0.3, 0.4) is 0 Å². The lowest BCUT2D eigenvalue weighted by molar-refractivity contribution is 0.0967. The van der Waals surface area contributed by atoms with E-state index >= 15 is 0 Å². The van der Waals surface area contributed by atoms with E-state index in [0.717, 1.165) is 28.1 Å². The second kappa shape index (κ2) is 9.55. The SMILES string of the molecule is COc1cccc([C@H]2N(Cc3ccccc3)c3ccccc3C(=O)N2c2ccc(C)cc2)c1OC. The van der Waals surface area contributed by atoms with E-state index in [4.69, 9.17) is 9.47 Å². The molecule has 0 unspecified atom stereocenters. The Labute approximate surface area is 206 Å². The van der Waals surface area contributed by atoms with Gasteiger partial charge in [0.15, 0.2) is 11.5 Å². The maximum atomic E-state index is 14.1. The smallest absolute Gasteiger partial charge is 0.262 e. The first-order valence-electron chi connectivity index (χ1n) is 11.6. The van der Waals surface area contributed by atoms with Gasteiger partial charge in [0.2, 0.25) is 0 Å². The Balaban J connectivity index is 1.78. The Morgan fingerprint density at radius 3 is 2.20 bits per heavy atom. The second-order valence-corrected chi connectivity index (χ2v) is 8.60. The summed E-state index contributed by atoms with van der Waals surface area (Å²) in [4.78, 5) is 18.2. The van der Waals surface area contributed by atoms with Gasteiger partial charge >= 0.3 is 0 Å². The zero-order chi connectivity index (χ0) is 24.4. The molecule has 4 aromatic rings. The van der Waals surface area contributed by atoms with Crippen LogP contribution in [-0.4, -0.2) is 20.1 Å². The zero-order valence-electron chi connectivity index (χ0n) is 20.1. The van der Waals surface area contributed by atoms with Gasteiger partial charge < -0.3 is 14.4 Å². The lowest BCUT2D eigenvalue weighted by atomic mass is 9.98. The van der Waals surface area contributed by atoms with E-state index in [9.17, 15) is 4.79 Å². The van der Waals surface area contributed by atoms with Gasteiger partial charge in [0, 0.05) is 17.8 Å². The van der Waals surface area contributed by atoms with Gasteiger partial charge in [0.05, 0.1) is 25.5 Å². The maximum absolute atomic E-state index is 14.1. The minimum Gasteiger partial charge on any atom is -0.493 e. The van der Waals surface area contributed by atoms with Crippen molar-refractivity contribution in [1.29, 1.82) is 0 Å². The van der Waals surface area contributed by atoms with E-state index in [2.05, 4.69) is 17.0 Å². The Morgan fingerprint density at radius 1 is 0.771 bits per heavy atom. The lowest BCUT2D eigenvalue weighted by Crippen LogP contribution is -2.49. The molecule has 0 fully saturated rings. The molecule has 5 heteroatoms. The summed E-state index contributed by atoms with van der Waals surface area (Å²) in [6.45, 7) is 2.65. The van der Waals surface area contributed by atoms with E-state index < -0.39 is 6.17 Å². The van der Waals surface area contributed by atoms with Crippen LogP contribution in [0, 0.1) is 6.92 Å². The fraction of sp³-hybridized carbons (Fsp3) is 0.167. The predicted octanol–water partition coefficient (Wildman–Crippen LogP) is 6.38. The maximum Gasteiger partial charge on any atom is 0.262 e. The monoisotopic (exact) mass is 464 g/mol. The van der Waals surface area contributed by atoms with Crippen LogP contribution in [0.5, 0.6) is 11.5 Å². The minimum atomic E-state index is -0.453. The summed E-state index contributed by atoms with van der Waals surface area (Å²) in [6.07, 6.45) is -0.453. The fourth-order valence-corrected chi connectivity index (χ4v) is 4.75. The number of amides is 1. The fourth-order valence-electron chi connectivity index (χ4n) is 4.75. The Morgan fingerprint density at radius 2 is 1.49 bits per heavy atom. The van der Waals surface area contributed by atoms with Crippen molar-refractivity contribution in [3.8, 4) is 11.5 Å². The first-order chi connectivity index (χ1) is 17.1. The van der Waals surface area contributed by atoms with Crippen LogP contribution in [-0.2, 0) is 6.54 Å².